The van der Waals surface area contributed by atoms with E-state index in [-0.39, 0.29) is 27.2 Å². The van der Waals surface area contributed by atoms with Crippen molar-refractivity contribution < 1.29 is 12.8 Å². The van der Waals surface area contributed by atoms with Gasteiger partial charge in [0.05, 0.1) is 10.7 Å². The van der Waals surface area contributed by atoms with E-state index in [0.717, 1.165) is 6.07 Å². The van der Waals surface area contributed by atoms with Crippen LogP contribution in [0.5, 0.6) is 0 Å². The van der Waals surface area contributed by atoms with Crippen molar-refractivity contribution in [1.29, 1.82) is 0 Å². The van der Waals surface area contributed by atoms with E-state index in [4.69, 9.17) is 28.9 Å². The summed E-state index contributed by atoms with van der Waals surface area (Å²) in [6.45, 7) is 0.0679. The molecule has 0 amide bonds. The molecule has 0 atom stereocenters. The van der Waals surface area contributed by atoms with Gasteiger partial charge in [0.1, 0.15) is 10.7 Å². The molecule has 0 bridgehead atoms. The Labute approximate surface area is 131 Å². The van der Waals surface area contributed by atoms with Gasteiger partial charge in [-0.15, -0.1) is 0 Å². The summed E-state index contributed by atoms with van der Waals surface area (Å²) >= 11 is 11.8. The van der Waals surface area contributed by atoms with Gasteiger partial charge in [-0.2, -0.15) is 0 Å². The van der Waals surface area contributed by atoms with Crippen molar-refractivity contribution in [2.45, 2.75) is 11.4 Å². The van der Waals surface area contributed by atoms with Crippen molar-refractivity contribution in [1.82, 2.24) is 0 Å². The third kappa shape index (κ3) is 3.65. The summed E-state index contributed by atoms with van der Waals surface area (Å²) in [6, 6.07) is 7.69. The van der Waals surface area contributed by atoms with Crippen molar-refractivity contribution in [3.8, 4) is 0 Å². The van der Waals surface area contributed by atoms with Crippen molar-refractivity contribution in [2.75, 3.05) is 4.72 Å². The lowest BCUT2D eigenvalue weighted by atomic mass is 10.2. The Balaban J connectivity index is 2.44. The molecule has 0 spiro atoms. The fraction of sp³-hybridized carbons (Fsp3) is 0.0769. The molecule has 2 aromatic carbocycles. The number of anilines is 1. The zero-order valence-electron chi connectivity index (χ0n) is 10.6. The van der Waals surface area contributed by atoms with Crippen molar-refractivity contribution in [2.24, 2.45) is 5.73 Å². The lowest BCUT2D eigenvalue weighted by Gasteiger charge is -2.12. The molecule has 0 saturated carbocycles. The van der Waals surface area contributed by atoms with E-state index in [0.29, 0.717) is 5.56 Å². The van der Waals surface area contributed by atoms with E-state index in [2.05, 4.69) is 4.72 Å². The molecule has 3 N–H and O–H groups in total. The van der Waals surface area contributed by atoms with Gasteiger partial charge in [0, 0.05) is 11.6 Å². The van der Waals surface area contributed by atoms with Crippen LogP contribution in [0.1, 0.15) is 5.56 Å². The first-order valence-electron chi connectivity index (χ1n) is 5.80. The second-order valence-electron chi connectivity index (χ2n) is 4.19. The number of sulfonamides is 1. The molecule has 8 heteroatoms. The fourth-order valence-corrected chi connectivity index (χ4v) is 3.62. The first kappa shape index (κ1) is 16.0. The highest BCUT2D eigenvalue weighted by molar-refractivity contribution is 7.92. The Morgan fingerprint density at radius 3 is 2.48 bits per heavy atom. The average Bonchev–Trinajstić information content (AvgIpc) is 2.37. The Bertz CT molecular complexity index is 782. The average molecular weight is 349 g/mol. The van der Waals surface area contributed by atoms with Crippen LogP contribution in [0.25, 0.3) is 0 Å². The topological polar surface area (TPSA) is 72.2 Å². The molecule has 2 aromatic rings. The minimum Gasteiger partial charge on any atom is -0.326 e. The van der Waals surface area contributed by atoms with E-state index in [9.17, 15) is 12.8 Å². The quantitative estimate of drug-likeness (QED) is 0.889. The second-order valence-corrected chi connectivity index (χ2v) is 6.66. The third-order valence-electron chi connectivity index (χ3n) is 2.69. The molecule has 0 radical (unpaired) electrons. The van der Waals surface area contributed by atoms with Gasteiger partial charge in [-0.05, 0) is 35.9 Å². The lowest BCUT2D eigenvalue weighted by Crippen LogP contribution is -2.14. The van der Waals surface area contributed by atoms with E-state index in [1.54, 1.807) is 0 Å². The van der Waals surface area contributed by atoms with Crippen LogP contribution >= 0.6 is 23.2 Å². The lowest BCUT2D eigenvalue weighted by molar-refractivity contribution is 0.601. The van der Waals surface area contributed by atoms with Crippen LogP contribution < -0.4 is 10.5 Å². The molecular formula is C13H11Cl2FN2O2S. The molecular weight excluding hydrogens is 338 g/mol. The van der Waals surface area contributed by atoms with Gasteiger partial charge >= 0.3 is 0 Å². The van der Waals surface area contributed by atoms with Gasteiger partial charge in [-0.1, -0.05) is 29.3 Å². The summed E-state index contributed by atoms with van der Waals surface area (Å²) in [5.74, 6) is -0.556. The summed E-state index contributed by atoms with van der Waals surface area (Å²) in [6.07, 6.45) is 0. The maximum absolute atomic E-state index is 13.1. The van der Waals surface area contributed by atoms with Crippen LogP contribution in [0.4, 0.5) is 10.1 Å². The molecule has 0 aromatic heterocycles. The largest absolute Gasteiger partial charge is 0.326 e. The van der Waals surface area contributed by atoms with Gasteiger partial charge in [-0.25, -0.2) is 12.8 Å². The Hall–Kier alpha value is -1.34. The highest BCUT2D eigenvalue weighted by atomic mass is 35.5. The minimum absolute atomic E-state index is 0.0406. The molecule has 0 unspecified atom stereocenters. The number of hydrogen-bond acceptors (Lipinski definition) is 3. The highest BCUT2D eigenvalue weighted by Gasteiger charge is 2.20. The number of hydrogen-bond donors (Lipinski definition) is 2. The molecule has 0 aliphatic carbocycles. The first-order valence-corrected chi connectivity index (χ1v) is 8.04. The van der Waals surface area contributed by atoms with Gasteiger partial charge in [0.2, 0.25) is 0 Å². The molecule has 0 saturated heterocycles. The molecule has 0 fully saturated rings. The molecule has 112 valence electrons. The predicted octanol–water partition coefficient (Wildman–Crippen LogP) is 3.39. The summed E-state index contributed by atoms with van der Waals surface area (Å²) in [7, 11) is -3.97. The smallest absolute Gasteiger partial charge is 0.263 e. The van der Waals surface area contributed by atoms with E-state index >= 15 is 0 Å². The Morgan fingerprint density at radius 1 is 1.14 bits per heavy atom. The summed E-state index contributed by atoms with van der Waals surface area (Å²) in [5, 5.41) is 0.244. The second kappa shape index (κ2) is 6.19. The monoisotopic (exact) mass is 348 g/mol. The summed E-state index contributed by atoms with van der Waals surface area (Å²) in [5.41, 5.74) is 6.03. The van der Waals surface area contributed by atoms with Crippen LogP contribution in [-0.2, 0) is 16.6 Å². The van der Waals surface area contributed by atoms with Gasteiger partial charge in [0.25, 0.3) is 10.0 Å². The van der Waals surface area contributed by atoms with Gasteiger partial charge < -0.3 is 5.73 Å². The van der Waals surface area contributed by atoms with Crippen molar-refractivity contribution >= 4 is 38.9 Å². The summed E-state index contributed by atoms with van der Waals surface area (Å²) in [4.78, 5) is -0.168. The van der Waals surface area contributed by atoms with E-state index in [1.165, 1.54) is 30.3 Å². The maximum Gasteiger partial charge on any atom is 0.263 e. The third-order valence-corrected chi connectivity index (χ3v) is 4.89. The molecule has 0 heterocycles. The maximum atomic E-state index is 13.1. The van der Waals surface area contributed by atoms with Crippen LogP contribution in [-0.4, -0.2) is 8.42 Å². The van der Waals surface area contributed by atoms with E-state index < -0.39 is 15.8 Å². The number of nitrogens with one attached hydrogen (secondary N) is 1. The van der Waals surface area contributed by atoms with Crippen molar-refractivity contribution in [3.05, 3.63) is 57.8 Å². The first-order chi connectivity index (χ1) is 9.83. The van der Waals surface area contributed by atoms with Crippen molar-refractivity contribution in [3.63, 3.8) is 0 Å². The molecule has 0 aliphatic rings. The standard InChI is InChI=1S/C13H11Cl2FN2O2S/c14-11-6-12(15)13(4-8(11)7-17)21(19,20)18-10-3-1-2-9(16)5-10/h1-6,18H,7,17H2. The predicted molar refractivity (Wildman–Crippen MR) is 81.6 cm³/mol. The Kier molecular flexibility index (Phi) is 4.73. The van der Waals surface area contributed by atoms with Crippen LogP contribution in [0, 0.1) is 5.82 Å². The van der Waals surface area contributed by atoms with E-state index in [1.807, 2.05) is 0 Å². The molecule has 4 nitrogen and oxygen atoms in total. The Morgan fingerprint density at radius 2 is 1.86 bits per heavy atom. The number of benzene rings is 2. The van der Waals surface area contributed by atoms with Crippen LogP contribution in [0.15, 0.2) is 41.3 Å². The molecule has 0 aliphatic heterocycles. The number of rotatable bonds is 4. The summed E-state index contributed by atoms with van der Waals surface area (Å²) < 4.78 is 40.0. The normalized spacial score (nSPS) is 11.4. The SMILES string of the molecule is NCc1cc(S(=O)(=O)Nc2cccc(F)c2)c(Cl)cc1Cl. The van der Waals surface area contributed by atoms with Gasteiger partial charge in [0.15, 0.2) is 0 Å². The zero-order valence-corrected chi connectivity index (χ0v) is 12.9. The highest BCUT2D eigenvalue weighted by Crippen LogP contribution is 2.29. The number of nitrogens with two attached hydrogens (primary N) is 1. The minimum atomic E-state index is -3.97. The van der Waals surface area contributed by atoms with Gasteiger partial charge in [-0.3, -0.25) is 4.72 Å². The van der Waals surface area contributed by atoms with Crippen LogP contribution in [0.2, 0.25) is 10.0 Å². The molecule has 21 heavy (non-hydrogen) atoms. The molecule has 2 rings (SSSR count). The number of halogens is 3. The van der Waals surface area contributed by atoms with Crippen LogP contribution in [0.3, 0.4) is 0 Å². The zero-order chi connectivity index (χ0) is 15.6. The fourth-order valence-electron chi connectivity index (χ4n) is 1.70.